The van der Waals surface area contributed by atoms with Gasteiger partial charge in [0.1, 0.15) is 10.6 Å². The fourth-order valence-corrected chi connectivity index (χ4v) is 3.28. The molecule has 3 amide bonds. The van der Waals surface area contributed by atoms with Gasteiger partial charge in [0.05, 0.1) is 12.8 Å². The first-order valence-electron chi connectivity index (χ1n) is 7.61. The van der Waals surface area contributed by atoms with Crippen molar-refractivity contribution >= 4 is 28.4 Å². The predicted octanol–water partition coefficient (Wildman–Crippen LogP) is 2.15. The molecule has 1 aliphatic heterocycles. The van der Waals surface area contributed by atoms with E-state index in [1.165, 1.54) is 11.3 Å². The van der Waals surface area contributed by atoms with Crippen molar-refractivity contribution in [1.82, 2.24) is 15.6 Å². The van der Waals surface area contributed by atoms with Crippen LogP contribution in [0.5, 0.6) is 5.75 Å². The van der Waals surface area contributed by atoms with E-state index < -0.39 is 0 Å². The number of amides is 3. The average Bonchev–Trinajstić information content (AvgIpc) is 2.92. The van der Waals surface area contributed by atoms with Crippen molar-refractivity contribution in [3.63, 3.8) is 0 Å². The summed E-state index contributed by atoms with van der Waals surface area (Å²) in [7, 11) is 1.61. The number of carbonyl (C=O) groups excluding carboxylic acids is 2. The molecule has 126 valence electrons. The number of nitrogens with zero attached hydrogens (tertiary/aromatic N) is 1. The van der Waals surface area contributed by atoms with E-state index in [0.29, 0.717) is 23.1 Å². The van der Waals surface area contributed by atoms with Crippen molar-refractivity contribution in [1.29, 1.82) is 0 Å². The smallest absolute Gasteiger partial charge is 0.321 e. The molecular formula is C16H18N4O3S. The lowest BCUT2D eigenvalue weighted by Gasteiger charge is -2.06. The Bertz CT molecular complexity index is 742. The summed E-state index contributed by atoms with van der Waals surface area (Å²) in [5, 5.41) is 8.70. The molecule has 24 heavy (non-hydrogen) atoms. The summed E-state index contributed by atoms with van der Waals surface area (Å²) in [6.45, 7) is 1.05. The van der Waals surface area contributed by atoms with E-state index in [0.717, 1.165) is 29.8 Å². The number of thiazole rings is 1. The molecule has 1 aliphatic rings. The second kappa shape index (κ2) is 7.31. The van der Waals surface area contributed by atoms with Gasteiger partial charge in [0, 0.05) is 13.1 Å². The first-order valence-corrected chi connectivity index (χ1v) is 8.43. The van der Waals surface area contributed by atoms with E-state index in [9.17, 15) is 9.59 Å². The standard InChI is InChI=1S/C16H18N4O3S/c1-23-11-6-4-10(5-7-11)9-18-15(22)20-16-19-12-3-2-8-17-14(21)13(12)24-16/h4-7H,2-3,8-9H2,1H3,(H,17,21)(H2,18,19,20,22). The number of urea groups is 1. The average molecular weight is 346 g/mol. The van der Waals surface area contributed by atoms with Gasteiger partial charge in [-0.25, -0.2) is 9.78 Å². The summed E-state index contributed by atoms with van der Waals surface area (Å²) < 4.78 is 5.09. The first-order chi connectivity index (χ1) is 11.7. The third-order valence-corrected chi connectivity index (χ3v) is 4.62. The minimum Gasteiger partial charge on any atom is -0.497 e. The summed E-state index contributed by atoms with van der Waals surface area (Å²) in [5.74, 6) is 0.650. The second-order valence-electron chi connectivity index (χ2n) is 5.31. The van der Waals surface area contributed by atoms with E-state index in [4.69, 9.17) is 4.74 Å². The maximum Gasteiger partial charge on any atom is 0.321 e. The van der Waals surface area contributed by atoms with Gasteiger partial charge in [-0.05, 0) is 30.5 Å². The van der Waals surface area contributed by atoms with Gasteiger partial charge >= 0.3 is 6.03 Å². The number of rotatable bonds is 4. The van der Waals surface area contributed by atoms with Gasteiger partial charge in [-0.15, -0.1) is 0 Å². The highest BCUT2D eigenvalue weighted by Gasteiger charge is 2.21. The van der Waals surface area contributed by atoms with Crippen LogP contribution in [-0.2, 0) is 13.0 Å². The zero-order chi connectivity index (χ0) is 16.9. The maximum atomic E-state index is 12.0. The van der Waals surface area contributed by atoms with Gasteiger partial charge in [0.15, 0.2) is 5.13 Å². The molecule has 1 aromatic carbocycles. The molecular weight excluding hydrogens is 328 g/mol. The molecule has 0 aliphatic carbocycles. The van der Waals surface area contributed by atoms with Gasteiger partial charge in [0.2, 0.25) is 0 Å². The van der Waals surface area contributed by atoms with Crippen LogP contribution < -0.4 is 20.7 Å². The van der Waals surface area contributed by atoms with Crippen molar-refractivity contribution in [2.45, 2.75) is 19.4 Å². The minimum absolute atomic E-state index is 0.119. The van der Waals surface area contributed by atoms with Crippen LogP contribution in [0.4, 0.5) is 9.93 Å². The Labute approximate surface area is 143 Å². The quantitative estimate of drug-likeness (QED) is 0.791. The van der Waals surface area contributed by atoms with Crippen LogP contribution in [0.2, 0.25) is 0 Å². The van der Waals surface area contributed by atoms with E-state index in [-0.39, 0.29) is 11.9 Å². The molecule has 0 spiro atoms. The molecule has 2 heterocycles. The Morgan fingerprint density at radius 1 is 1.38 bits per heavy atom. The fraction of sp³-hybridized carbons (Fsp3) is 0.312. The third-order valence-electron chi connectivity index (χ3n) is 3.61. The number of hydrogen-bond acceptors (Lipinski definition) is 5. The summed E-state index contributed by atoms with van der Waals surface area (Å²) in [6, 6.07) is 7.09. The fourth-order valence-electron chi connectivity index (χ4n) is 2.36. The Hall–Kier alpha value is -2.61. The number of aryl methyl sites for hydroxylation is 1. The van der Waals surface area contributed by atoms with Crippen LogP contribution in [0.1, 0.15) is 27.3 Å². The lowest BCUT2D eigenvalue weighted by Crippen LogP contribution is -2.28. The molecule has 2 aromatic rings. The monoisotopic (exact) mass is 346 g/mol. The Kier molecular flexibility index (Phi) is 4.95. The number of aromatic nitrogens is 1. The summed E-state index contributed by atoms with van der Waals surface area (Å²) in [5.41, 5.74) is 1.71. The van der Waals surface area contributed by atoms with E-state index in [1.807, 2.05) is 24.3 Å². The van der Waals surface area contributed by atoms with Crippen LogP contribution in [-0.4, -0.2) is 30.6 Å². The topological polar surface area (TPSA) is 92.3 Å². The number of fused-ring (bicyclic) bond motifs is 1. The Morgan fingerprint density at radius 2 is 2.17 bits per heavy atom. The van der Waals surface area contributed by atoms with Crippen LogP contribution in [0.25, 0.3) is 0 Å². The number of anilines is 1. The van der Waals surface area contributed by atoms with Gasteiger partial charge in [-0.3, -0.25) is 10.1 Å². The number of carbonyl (C=O) groups is 2. The highest BCUT2D eigenvalue weighted by molar-refractivity contribution is 7.17. The maximum absolute atomic E-state index is 12.0. The molecule has 7 nitrogen and oxygen atoms in total. The largest absolute Gasteiger partial charge is 0.497 e. The number of benzene rings is 1. The number of methoxy groups -OCH3 is 1. The molecule has 0 unspecified atom stereocenters. The van der Waals surface area contributed by atoms with Crippen LogP contribution in [0, 0.1) is 0 Å². The molecule has 0 saturated heterocycles. The molecule has 0 bridgehead atoms. The molecule has 0 saturated carbocycles. The van der Waals surface area contributed by atoms with Crippen molar-refractivity contribution in [2.24, 2.45) is 0 Å². The van der Waals surface area contributed by atoms with Gasteiger partial charge in [0.25, 0.3) is 5.91 Å². The second-order valence-corrected chi connectivity index (χ2v) is 6.31. The third kappa shape index (κ3) is 3.83. The summed E-state index contributed by atoms with van der Waals surface area (Å²) in [6.07, 6.45) is 1.59. The molecule has 0 atom stereocenters. The number of ether oxygens (including phenoxy) is 1. The predicted molar refractivity (Wildman–Crippen MR) is 91.6 cm³/mol. The van der Waals surface area contributed by atoms with Crippen LogP contribution in [0.15, 0.2) is 24.3 Å². The van der Waals surface area contributed by atoms with Crippen molar-refractivity contribution in [3.8, 4) is 5.75 Å². The summed E-state index contributed by atoms with van der Waals surface area (Å²) in [4.78, 5) is 28.8. The highest BCUT2D eigenvalue weighted by Crippen LogP contribution is 2.25. The van der Waals surface area contributed by atoms with E-state index in [1.54, 1.807) is 7.11 Å². The van der Waals surface area contributed by atoms with Crippen LogP contribution >= 0.6 is 11.3 Å². The first kappa shape index (κ1) is 16.3. The van der Waals surface area contributed by atoms with Crippen molar-refractivity contribution in [3.05, 3.63) is 40.4 Å². The van der Waals surface area contributed by atoms with E-state index in [2.05, 4.69) is 20.9 Å². The van der Waals surface area contributed by atoms with E-state index >= 15 is 0 Å². The van der Waals surface area contributed by atoms with Gasteiger partial charge < -0.3 is 15.4 Å². The lowest BCUT2D eigenvalue weighted by atomic mass is 10.2. The molecule has 3 N–H and O–H groups in total. The minimum atomic E-state index is -0.352. The summed E-state index contributed by atoms with van der Waals surface area (Å²) >= 11 is 1.20. The Morgan fingerprint density at radius 3 is 2.92 bits per heavy atom. The molecule has 0 fully saturated rings. The lowest BCUT2D eigenvalue weighted by molar-refractivity contribution is 0.0960. The number of hydrogen-bond donors (Lipinski definition) is 3. The zero-order valence-electron chi connectivity index (χ0n) is 13.2. The highest BCUT2D eigenvalue weighted by atomic mass is 32.1. The molecule has 8 heteroatoms. The van der Waals surface area contributed by atoms with Gasteiger partial charge in [-0.1, -0.05) is 23.5 Å². The molecule has 1 aromatic heterocycles. The molecule has 3 rings (SSSR count). The van der Waals surface area contributed by atoms with Crippen LogP contribution in [0.3, 0.4) is 0 Å². The normalized spacial score (nSPS) is 13.5. The molecule has 0 radical (unpaired) electrons. The van der Waals surface area contributed by atoms with Gasteiger partial charge in [-0.2, -0.15) is 0 Å². The Balaban J connectivity index is 1.57. The SMILES string of the molecule is COc1ccc(CNC(=O)Nc2nc3c(s2)C(=O)NCCC3)cc1. The van der Waals surface area contributed by atoms with Crippen molar-refractivity contribution < 1.29 is 14.3 Å². The zero-order valence-corrected chi connectivity index (χ0v) is 14.0. The number of nitrogens with one attached hydrogen (secondary N) is 3. The van der Waals surface area contributed by atoms with Crippen molar-refractivity contribution in [2.75, 3.05) is 19.0 Å².